The lowest BCUT2D eigenvalue weighted by atomic mass is 10.1. The highest BCUT2D eigenvalue weighted by Crippen LogP contribution is 2.17. The molecule has 0 aliphatic heterocycles. The van der Waals surface area contributed by atoms with Gasteiger partial charge in [-0.25, -0.2) is 4.39 Å². The van der Waals surface area contributed by atoms with E-state index in [0.717, 1.165) is 0 Å². The van der Waals surface area contributed by atoms with Gasteiger partial charge in [0.15, 0.2) is 0 Å². The van der Waals surface area contributed by atoms with Crippen molar-refractivity contribution in [2.75, 3.05) is 0 Å². The molecule has 1 atom stereocenters. The summed E-state index contributed by atoms with van der Waals surface area (Å²) in [6, 6.07) is 1.31. The first kappa shape index (κ1) is 8.11. The van der Waals surface area contributed by atoms with Gasteiger partial charge in [0.1, 0.15) is 11.5 Å². The van der Waals surface area contributed by atoms with Crippen molar-refractivity contribution in [3.63, 3.8) is 0 Å². The Bertz CT molecular complexity index is 237. The smallest absolute Gasteiger partial charge is 0.148 e. The van der Waals surface area contributed by atoms with E-state index in [1.165, 1.54) is 12.3 Å². The van der Waals surface area contributed by atoms with Crippen molar-refractivity contribution in [2.45, 2.75) is 19.3 Å². The third-order valence-corrected chi connectivity index (χ3v) is 1.60. The summed E-state index contributed by atoms with van der Waals surface area (Å²) in [5.74, 6) is -0.250. The lowest BCUT2D eigenvalue weighted by molar-refractivity contribution is 0.564. The first-order valence-corrected chi connectivity index (χ1v) is 3.52. The summed E-state index contributed by atoms with van der Waals surface area (Å²) in [7, 11) is 0. The van der Waals surface area contributed by atoms with Gasteiger partial charge in [0.2, 0.25) is 0 Å². The first-order chi connectivity index (χ1) is 5.25. The van der Waals surface area contributed by atoms with E-state index in [2.05, 4.69) is 17.1 Å². The van der Waals surface area contributed by atoms with E-state index in [-0.39, 0.29) is 11.7 Å². The van der Waals surface area contributed by atoms with Crippen LogP contribution in [0.15, 0.2) is 12.3 Å². The van der Waals surface area contributed by atoms with Crippen molar-refractivity contribution in [1.82, 2.24) is 10.2 Å². The fourth-order valence-electron chi connectivity index (χ4n) is 0.798. The molecule has 0 amide bonds. The quantitative estimate of drug-likeness (QED) is 0.648. The van der Waals surface area contributed by atoms with Crippen LogP contribution in [0.1, 0.15) is 25.0 Å². The molecular formula is C8H10FN2. The minimum Gasteiger partial charge on any atom is -0.205 e. The molecule has 0 saturated heterocycles. The highest BCUT2D eigenvalue weighted by Gasteiger charge is 2.09. The summed E-state index contributed by atoms with van der Waals surface area (Å²) >= 11 is 0. The SMILES string of the molecule is [CH2]CC(C)c1nnccc1F. The highest BCUT2D eigenvalue weighted by atomic mass is 19.1. The average Bonchev–Trinajstić information content (AvgIpc) is 2.04. The molecule has 0 bridgehead atoms. The fourth-order valence-corrected chi connectivity index (χ4v) is 0.798. The van der Waals surface area contributed by atoms with E-state index in [9.17, 15) is 4.39 Å². The number of rotatable bonds is 2. The third-order valence-electron chi connectivity index (χ3n) is 1.60. The van der Waals surface area contributed by atoms with Crippen molar-refractivity contribution in [1.29, 1.82) is 0 Å². The van der Waals surface area contributed by atoms with Crippen LogP contribution in [0.4, 0.5) is 4.39 Å². The van der Waals surface area contributed by atoms with Gasteiger partial charge in [-0.3, -0.25) is 0 Å². The Morgan fingerprint density at radius 1 is 1.73 bits per heavy atom. The van der Waals surface area contributed by atoms with Crippen molar-refractivity contribution < 1.29 is 4.39 Å². The lowest BCUT2D eigenvalue weighted by Crippen LogP contribution is -2.00. The van der Waals surface area contributed by atoms with Gasteiger partial charge in [0.05, 0.1) is 6.20 Å². The minimum absolute atomic E-state index is 0.0451. The van der Waals surface area contributed by atoms with Crippen LogP contribution in [0.3, 0.4) is 0 Å². The molecule has 0 aliphatic rings. The number of aromatic nitrogens is 2. The highest BCUT2D eigenvalue weighted by molar-refractivity contribution is 5.08. The van der Waals surface area contributed by atoms with E-state index < -0.39 is 0 Å². The van der Waals surface area contributed by atoms with Gasteiger partial charge in [-0.2, -0.15) is 10.2 Å². The molecule has 1 aromatic rings. The molecule has 0 aliphatic carbocycles. The molecule has 0 N–H and O–H groups in total. The van der Waals surface area contributed by atoms with E-state index in [4.69, 9.17) is 0 Å². The Labute approximate surface area is 65.5 Å². The van der Waals surface area contributed by atoms with Gasteiger partial charge in [-0.1, -0.05) is 13.8 Å². The summed E-state index contributed by atoms with van der Waals surface area (Å²) < 4.78 is 12.9. The molecule has 0 fully saturated rings. The normalized spacial score (nSPS) is 13.0. The van der Waals surface area contributed by atoms with Crippen molar-refractivity contribution in [3.05, 3.63) is 30.7 Å². The van der Waals surface area contributed by atoms with Gasteiger partial charge in [0.25, 0.3) is 0 Å². The predicted octanol–water partition coefficient (Wildman–Crippen LogP) is 1.94. The number of nitrogens with zero attached hydrogens (tertiary/aromatic N) is 2. The predicted molar refractivity (Wildman–Crippen MR) is 40.4 cm³/mol. The van der Waals surface area contributed by atoms with Crippen LogP contribution in [-0.4, -0.2) is 10.2 Å². The molecule has 3 heteroatoms. The van der Waals surface area contributed by atoms with Crippen molar-refractivity contribution in [3.8, 4) is 0 Å². The topological polar surface area (TPSA) is 25.8 Å². The van der Waals surface area contributed by atoms with E-state index in [1.54, 1.807) is 0 Å². The van der Waals surface area contributed by atoms with Crippen LogP contribution < -0.4 is 0 Å². The second kappa shape index (κ2) is 3.42. The molecule has 1 heterocycles. The Hall–Kier alpha value is -0.990. The Kier molecular flexibility index (Phi) is 2.52. The van der Waals surface area contributed by atoms with E-state index in [1.807, 2.05) is 6.92 Å². The number of halogens is 1. The zero-order valence-electron chi connectivity index (χ0n) is 6.42. The maximum Gasteiger partial charge on any atom is 0.148 e. The standard InChI is InChI=1S/C8H10FN2/c1-3-6(2)8-7(9)4-5-10-11-8/h4-6H,1,3H2,2H3. The Balaban J connectivity index is 2.93. The summed E-state index contributed by atoms with van der Waals surface area (Å²) in [5.41, 5.74) is 0.405. The summed E-state index contributed by atoms with van der Waals surface area (Å²) in [4.78, 5) is 0. The van der Waals surface area contributed by atoms with Crippen LogP contribution in [-0.2, 0) is 0 Å². The maximum absolute atomic E-state index is 12.9. The molecule has 0 spiro atoms. The van der Waals surface area contributed by atoms with Crippen LogP contribution in [0.5, 0.6) is 0 Å². The van der Waals surface area contributed by atoms with Gasteiger partial charge in [-0.15, -0.1) is 0 Å². The van der Waals surface area contributed by atoms with Gasteiger partial charge in [-0.05, 0) is 12.5 Å². The lowest BCUT2D eigenvalue weighted by Gasteiger charge is -2.05. The monoisotopic (exact) mass is 153 g/mol. The van der Waals surface area contributed by atoms with E-state index >= 15 is 0 Å². The first-order valence-electron chi connectivity index (χ1n) is 3.52. The number of hydrogen-bond acceptors (Lipinski definition) is 2. The molecule has 0 aromatic carbocycles. The molecule has 1 rings (SSSR count). The molecule has 59 valence electrons. The molecule has 1 radical (unpaired) electrons. The third kappa shape index (κ3) is 1.73. The summed E-state index contributed by atoms with van der Waals surface area (Å²) in [5, 5.41) is 7.28. The van der Waals surface area contributed by atoms with Gasteiger partial charge >= 0.3 is 0 Å². The molecule has 1 unspecified atom stereocenters. The zero-order chi connectivity index (χ0) is 8.27. The molecule has 11 heavy (non-hydrogen) atoms. The van der Waals surface area contributed by atoms with Crippen LogP contribution in [0, 0.1) is 12.7 Å². The number of hydrogen-bond donors (Lipinski definition) is 0. The Morgan fingerprint density at radius 3 is 3.00 bits per heavy atom. The molecular weight excluding hydrogens is 143 g/mol. The van der Waals surface area contributed by atoms with Gasteiger partial charge in [0, 0.05) is 5.92 Å². The van der Waals surface area contributed by atoms with E-state index in [0.29, 0.717) is 12.1 Å². The fraction of sp³-hybridized carbons (Fsp3) is 0.375. The zero-order valence-corrected chi connectivity index (χ0v) is 6.42. The molecule has 0 saturated carbocycles. The summed E-state index contributed by atoms with van der Waals surface area (Å²) in [6.45, 7) is 5.54. The average molecular weight is 153 g/mol. The van der Waals surface area contributed by atoms with Crippen molar-refractivity contribution >= 4 is 0 Å². The molecule has 1 aromatic heterocycles. The largest absolute Gasteiger partial charge is 0.205 e. The molecule has 2 nitrogen and oxygen atoms in total. The maximum atomic E-state index is 12.9. The van der Waals surface area contributed by atoms with Crippen LogP contribution >= 0.6 is 0 Å². The van der Waals surface area contributed by atoms with Gasteiger partial charge < -0.3 is 0 Å². The minimum atomic E-state index is -0.295. The van der Waals surface area contributed by atoms with Crippen molar-refractivity contribution in [2.24, 2.45) is 0 Å². The second-order valence-electron chi connectivity index (χ2n) is 2.45. The van der Waals surface area contributed by atoms with Crippen LogP contribution in [0.25, 0.3) is 0 Å². The Morgan fingerprint density at radius 2 is 2.45 bits per heavy atom. The van der Waals surface area contributed by atoms with Crippen LogP contribution in [0.2, 0.25) is 0 Å². The second-order valence-corrected chi connectivity index (χ2v) is 2.45. The summed E-state index contributed by atoms with van der Waals surface area (Å²) in [6.07, 6.45) is 1.98.